The Kier molecular flexibility index (Phi) is 6.62. The van der Waals surface area contributed by atoms with E-state index in [0.717, 1.165) is 26.2 Å². The molecule has 0 aromatic heterocycles. The Balaban J connectivity index is 2.12. The lowest BCUT2D eigenvalue weighted by Crippen LogP contribution is -2.53. The summed E-state index contributed by atoms with van der Waals surface area (Å²) in [7, 11) is 0. The molecule has 19 heavy (non-hydrogen) atoms. The number of hydrogen-bond acceptors (Lipinski definition) is 3. The molecule has 0 aromatic carbocycles. The third-order valence-corrected chi connectivity index (χ3v) is 3.43. The van der Waals surface area contributed by atoms with E-state index in [2.05, 4.69) is 24.1 Å². The highest BCUT2D eigenvalue weighted by atomic mass is 16.4. The zero-order valence-electron chi connectivity index (χ0n) is 11.9. The number of aliphatic carboxylic acids is 1. The van der Waals surface area contributed by atoms with Gasteiger partial charge in [0.1, 0.15) is 0 Å². The highest BCUT2D eigenvalue weighted by Crippen LogP contribution is 2.05. The van der Waals surface area contributed by atoms with Crippen molar-refractivity contribution in [3.05, 3.63) is 0 Å². The summed E-state index contributed by atoms with van der Waals surface area (Å²) in [5, 5.41) is 11.3. The van der Waals surface area contributed by atoms with E-state index in [1.807, 2.05) is 4.90 Å². The zero-order chi connectivity index (χ0) is 14.3. The molecule has 0 unspecified atom stereocenters. The number of rotatable bonds is 6. The predicted molar refractivity (Wildman–Crippen MR) is 73.2 cm³/mol. The molecule has 1 aliphatic rings. The van der Waals surface area contributed by atoms with Crippen molar-refractivity contribution in [2.24, 2.45) is 0 Å². The number of unbranched alkanes of at least 4 members (excludes halogenated alkanes) is 1. The Morgan fingerprint density at radius 3 is 2.32 bits per heavy atom. The van der Waals surface area contributed by atoms with Crippen LogP contribution in [0.3, 0.4) is 0 Å². The maximum Gasteiger partial charge on any atom is 0.317 e. The lowest BCUT2D eigenvalue weighted by Gasteiger charge is -2.36. The standard InChI is InChI=1S/C13H25N3O3/c1-11(2)15-7-9-16(10-8-15)13(19)14-6-4-3-5-12(17)18/h11H,3-10H2,1-2H3,(H,14,19)(H,17,18). The van der Waals surface area contributed by atoms with E-state index in [0.29, 0.717) is 25.4 Å². The monoisotopic (exact) mass is 271 g/mol. The van der Waals surface area contributed by atoms with Crippen LogP contribution < -0.4 is 5.32 Å². The Bertz CT molecular complexity index is 300. The molecule has 1 aliphatic heterocycles. The van der Waals surface area contributed by atoms with Gasteiger partial charge in [-0.25, -0.2) is 4.79 Å². The zero-order valence-corrected chi connectivity index (χ0v) is 11.9. The predicted octanol–water partition coefficient (Wildman–Crippen LogP) is 0.977. The number of piperazine rings is 1. The van der Waals surface area contributed by atoms with Crippen LogP contribution >= 0.6 is 0 Å². The van der Waals surface area contributed by atoms with Crippen LogP contribution in [0.15, 0.2) is 0 Å². The molecular formula is C13H25N3O3. The molecule has 0 atom stereocenters. The van der Waals surface area contributed by atoms with Gasteiger partial charge in [-0.05, 0) is 26.7 Å². The summed E-state index contributed by atoms with van der Waals surface area (Å²) in [4.78, 5) is 26.4. The van der Waals surface area contributed by atoms with E-state index >= 15 is 0 Å². The van der Waals surface area contributed by atoms with Crippen LogP contribution in [0.4, 0.5) is 4.79 Å². The van der Waals surface area contributed by atoms with E-state index in [9.17, 15) is 9.59 Å². The van der Waals surface area contributed by atoms with Gasteiger partial charge in [0.05, 0.1) is 0 Å². The van der Waals surface area contributed by atoms with Crippen LogP contribution in [0, 0.1) is 0 Å². The fraction of sp³-hybridized carbons (Fsp3) is 0.846. The van der Waals surface area contributed by atoms with Crippen molar-refractivity contribution >= 4 is 12.0 Å². The first-order valence-corrected chi connectivity index (χ1v) is 6.99. The van der Waals surface area contributed by atoms with Gasteiger partial charge in [-0.3, -0.25) is 9.69 Å². The minimum atomic E-state index is -0.781. The van der Waals surface area contributed by atoms with Crippen molar-refractivity contribution in [2.45, 2.75) is 39.2 Å². The summed E-state index contributed by atoms with van der Waals surface area (Å²) in [6.07, 6.45) is 1.49. The van der Waals surface area contributed by atoms with Gasteiger partial charge in [-0.2, -0.15) is 0 Å². The Morgan fingerprint density at radius 2 is 1.79 bits per heavy atom. The van der Waals surface area contributed by atoms with Crippen molar-refractivity contribution < 1.29 is 14.7 Å². The van der Waals surface area contributed by atoms with Gasteiger partial charge in [0.25, 0.3) is 0 Å². The second-order valence-electron chi connectivity index (χ2n) is 5.20. The number of nitrogens with zero attached hydrogens (tertiary/aromatic N) is 2. The number of hydrogen-bond donors (Lipinski definition) is 2. The molecular weight excluding hydrogens is 246 g/mol. The molecule has 0 aliphatic carbocycles. The SMILES string of the molecule is CC(C)N1CCN(C(=O)NCCCCC(=O)O)CC1. The average Bonchev–Trinajstić information content (AvgIpc) is 2.37. The Hall–Kier alpha value is -1.30. The van der Waals surface area contributed by atoms with E-state index in [-0.39, 0.29) is 12.5 Å². The van der Waals surface area contributed by atoms with Crippen molar-refractivity contribution in [1.29, 1.82) is 0 Å². The maximum atomic E-state index is 11.9. The van der Waals surface area contributed by atoms with Gasteiger partial charge in [0.15, 0.2) is 0 Å². The van der Waals surface area contributed by atoms with Crippen LogP contribution in [0.2, 0.25) is 0 Å². The van der Waals surface area contributed by atoms with E-state index < -0.39 is 5.97 Å². The summed E-state index contributed by atoms with van der Waals surface area (Å²) in [5.41, 5.74) is 0. The van der Waals surface area contributed by atoms with Crippen molar-refractivity contribution in [1.82, 2.24) is 15.1 Å². The minimum absolute atomic E-state index is 0.0290. The van der Waals surface area contributed by atoms with Crippen molar-refractivity contribution in [2.75, 3.05) is 32.7 Å². The molecule has 1 fully saturated rings. The first-order chi connectivity index (χ1) is 9.00. The maximum absolute atomic E-state index is 11.9. The number of carboxylic acid groups (broad SMARTS) is 1. The first-order valence-electron chi connectivity index (χ1n) is 6.99. The summed E-state index contributed by atoms with van der Waals surface area (Å²) in [6, 6.07) is 0.500. The van der Waals surface area contributed by atoms with Crippen LogP contribution in [-0.2, 0) is 4.79 Å². The largest absolute Gasteiger partial charge is 0.481 e. The molecule has 6 heteroatoms. The van der Waals surface area contributed by atoms with Gasteiger partial charge in [0, 0.05) is 45.2 Å². The lowest BCUT2D eigenvalue weighted by molar-refractivity contribution is -0.137. The highest BCUT2D eigenvalue weighted by Gasteiger charge is 2.21. The molecule has 2 amide bonds. The van der Waals surface area contributed by atoms with E-state index in [4.69, 9.17) is 5.11 Å². The molecule has 1 rings (SSSR count). The number of urea groups is 1. The quantitative estimate of drug-likeness (QED) is 0.706. The molecule has 6 nitrogen and oxygen atoms in total. The van der Waals surface area contributed by atoms with Gasteiger partial charge in [0.2, 0.25) is 0 Å². The number of carboxylic acids is 1. The Labute approximate surface area is 114 Å². The number of amides is 2. The number of carbonyl (C=O) groups excluding carboxylic acids is 1. The van der Waals surface area contributed by atoms with Gasteiger partial charge < -0.3 is 15.3 Å². The highest BCUT2D eigenvalue weighted by molar-refractivity contribution is 5.74. The third-order valence-electron chi connectivity index (χ3n) is 3.43. The molecule has 0 bridgehead atoms. The lowest BCUT2D eigenvalue weighted by atomic mass is 10.2. The van der Waals surface area contributed by atoms with Crippen LogP contribution in [0.1, 0.15) is 33.1 Å². The number of carbonyl (C=O) groups is 2. The van der Waals surface area contributed by atoms with E-state index in [1.54, 1.807) is 0 Å². The molecule has 1 saturated heterocycles. The summed E-state index contributed by atoms with van der Waals surface area (Å²) in [6.45, 7) is 8.25. The molecule has 0 saturated carbocycles. The number of nitrogens with one attached hydrogen (secondary N) is 1. The second kappa shape index (κ2) is 7.99. The van der Waals surface area contributed by atoms with E-state index in [1.165, 1.54) is 0 Å². The Morgan fingerprint density at radius 1 is 1.16 bits per heavy atom. The van der Waals surface area contributed by atoms with Crippen molar-refractivity contribution in [3.63, 3.8) is 0 Å². The topological polar surface area (TPSA) is 72.9 Å². The molecule has 1 heterocycles. The van der Waals surface area contributed by atoms with Crippen LogP contribution in [0.5, 0.6) is 0 Å². The van der Waals surface area contributed by atoms with Gasteiger partial charge in [-0.15, -0.1) is 0 Å². The third kappa shape index (κ3) is 5.92. The van der Waals surface area contributed by atoms with Gasteiger partial charge in [-0.1, -0.05) is 0 Å². The summed E-state index contributed by atoms with van der Waals surface area (Å²) >= 11 is 0. The fourth-order valence-electron chi connectivity index (χ4n) is 2.15. The smallest absolute Gasteiger partial charge is 0.317 e. The molecule has 2 N–H and O–H groups in total. The van der Waals surface area contributed by atoms with Gasteiger partial charge >= 0.3 is 12.0 Å². The molecule has 0 aromatic rings. The molecule has 0 spiro atoms. The van der Waals surface area contributed by atoms with Crippen molar-refractivity contribution in [3.8, 4) is 0 Å². The summed E-state index contributed by atoms with van der Waals surface area (Å²) in [5.74, 6) is -0.781. The summed E-state index contributed by atoms with van der Waals surface area (Å²) < 4.78 is 0. The second-order valence-corrected chi connectivity index (χ2v) is 5.20. The first kappa shape index (κ1) is 15.8. The fourth-order valence-corrected chi connectivity index (χ4v) is 2.15. The molecule has 110 valence electrons. The minimum Gasteiger partial charge on any atom is -0.481 e. The van der Waals surface area contributed by atoms with Crippen LogP contribution in [-0.4, -0.2) is 65.7 Å². The van der Waals surface area contributed by atoms with Crippen LogP contribution in [0.25, 0.3) is 0 Å². The molecule has 0 radical (unpaired) electrons. The average molecular weight is 271 g/mol. The normalized spacial score (nSPS) is 16.7.